The normalized spacial score (nSPS) is 11.1. The van der Waals surface area contributed by atoms with Gasteiger partial charge >= 0.3 is 5.97 Å². The molecule has 0 atom stereocenters. The molecular weight excluding hydrogens is 564 g/mol. The summed E-state index contributed by atoms with van der Waals surface area (Å²) in [5.74, 6) is 0.319. The van der Waals surface area contributed by atoms with Gasteiger partial charge in [-0.3, -0.25) is 4.79 Å². The van der Waals surface area contributed by atoms with E-state index >= 15 is 0 Å². The predicted octanol–water partition coefficient (Wildman–Crippen LogP) is 11.6. The fraction of sp³-hybridized carbons (Fsp3) is 0.119. The van der Waals surface area contributed by atoms with Crippen LogP contribution in [0.4, 0.5) is 34.1 Å². The molecule has 6 aromatic carbocycles. The van der Waals surface area contributed by atoms with Crippen LogP contribution in [0.25, 0.3) is 11.1 Å². The van der Waals surface area contributed by atoms with E-state index in [4.69, 9.17) is 4.74 Å². The Morgan fingerprint density at radius 1 is 0.478 bits per heavy atom. The molecule has 0 aliphatic heterocycles. The van der Waals surface area contributed by atoms with E-state index in [2.05, 4.69) is 119 Å². The maximum atomic E-state index is 12.6. The Bertz CT molecular complexity index is 1810. The average molecular weight is 603 g/mol. The third-order valence-corrected chi connectivity index (χ3v) is 8.37. The topological polar surface area (TPSA) is 32.8 Å². The molecule has 0 aliphatic carbocycles. The predicted molar refractivity (Wildman–Crippen MR) is 191 cm³/mol. The van der Waals surface area contributed by atoms with Gasteiger partial charge in [-0.1, -0.05) is 85.8 Å². The van der Waals surface area contributed by atoms with Gasteiger partial charge in [0.05, 0.1) is 5.41 Å². The molecule has 4 nitrogen and oxygen atoms in total. The van der Waals surface area contributed by atoms with Crippen molar-refractivity contribution in [1.29, 1.82) is 0 Å². The summed E-state index contributed by atoms with van der Waals surface area (Å²) < 4.78 is 5.69. The zero-order valence-electron chi connectivity index (χ0n) is 26.5. The van der Waals surface area contributed by atoms with Gasteiger partial charge in [-0.15, -0.1) is 0 Å². The van der Waals surface area contributed by atoms with Crippen molar-refractivity contribution in [2.24, 2.45) is 5.41 Å². The number of nitrogens with zero attached hydrogens (tertiary/aromatic N) is 2. The maximum absolute atomic E-state index is 12.6. The number of carbonyl (C=O) groups excluding carboxylic acids is 1. The molecule has 0 N–H and O–H groups in total. The summed E-state index contributed by atoms with van der Waals surface area (Å²) in [6.45, 7) is 5.81. The molecule has 0 aromatic heterocycles. The van der Waals surface area contributed by atoms with Crippen LogP contribution < -0.4 is 14.5 Å². The van der Waals surface area contributed by atoms with E-state index in [-0.39, 0.29) is 5.97 Å². The maximum Gasteiger partial charge on any atom is 0.316 e. The summed E-state index contributed by atoms with van der Waals surface area (Å²) in [6.07, 6.45) is 0.714. The van der Waals surface area contributed by atoms with E-state index in [0.717, 1.165) is 45.3 Å². The molecule has 46 heavy (non-hydrogen) atoms. The number of hydrogen-bond acceptors (Lipinski definition) is 4. The lowest BCUT2D eigenvalue weighted by Crippen LogP contribution is -2.28. The molecule has 4 heteroatoms. The number of rotatable bonds is 10. The number of ether oxygens (including phenoxy) is 1. The number of anilines is 6. The first-order chi connectivity index (χ1) is 22.4. The second-order valence-corrected chi connectivity index (χ2v) is 11.9. The first-order valence-electron chi connectivity index (χ1n) is 15.7. The molecule has 0 aliphatic rings. The van der Waals surface area contributed by atoms with Crippen molar-refractivity contribution in [3.05, 3.63) is 164 Å². The van der Waals surface area contributed by atoms with E-state index in [0.29, 0.717) is 12.2 Å². The van der Waals surface area contributed by atoms with Crippen molar-refractivity contribution < 1.29 is 9.53 Å². The molecule has 0 saturated heterocycles. The highest BCUT2D eigenvalue weighted by Gasteiger charge is 2.27. The average Bonchev–Trinajstić information content (AvgIpc) is 3.11. The molecule has 0 spiro atoms. The van der Waals surface area contributed by atoms with Crippen LogP contribution in [0.3, 0.4) is 0 Å². The van der Waals surface area contributed by atoms with Gasteiger partial charge in [0.25, 0.3) is 0 Å². The third-order valence-electron chi connectivity index (χ3n) is 8.37. The van der Waals surface area contributed by atoms with Crippen LogP contribution in [0.1, 0.15) is 27.2 Å². The Labute approximate surface area is 272 Å². The fourth-order valence-corrected chi connectivity index (χ4v) is 5.28. The van der Waals surface area contributed by atoms with E-state index in [1.165, 1.54) is 0 Å². The van der Waals surface area contributed by atoms with Gasteiger partial charge in [0.2, 0.25) is 0 Å². The van der Waals surface area contributed by atoms with Crippen molar-refractivity contribution in [3.63, 3.8) is 0 Å². The van der Waals surface area contributed by atoms with Crippen LogP contribution >= 0.6 is 0 Å². The van der Waals surface area contributed by atoms with Crippen molar-refractivity contribution in [2.45, 2.75) is 27.2 Å². The summed E-state index contributed by atoms with van der Waals surface area (Å²) in [5.41, 5.74) is 8.12. The summed E-state index contributed by atoms with van der Waals surface area (Å²) in [6, 6.07) is 56.2. The standard InChI is InChI=1S/C42H38N2O2/c1-4-42(2,3)41(45)46-40-30-28-39(29-31-40)44(36-18-12-7-13-19-36)38-26-22-33(23-27-38)32-20-24-37(25-21-32)43(34-14-8-5-9-15-34)35-16-10-6-11-17-35/h5-31H,4H2,1-3H3. The Morgan fingerprint density at radius 2 is 0.783 bits per heavy atom. The van der Waals surface area contributed by atoms with E-state index in [9.17, 15) is 4.79 Å². The van der Waals surface area contributed by atoms with Gasteiger partial charge in [0.15, 0.2) is 0 Å². The van der Waals surface area contributed by atoms with E-state index < -0.39 is 5.41 Å². The Balaban J connectivity index is 1.26. The van der Waals surface area contributed by atoms with Gasteiger partial charge in [-0.25, -0.2) is 0 Å². The van der Waals surface area contributed by atoms with Crippen LogP contribution in [0, 0.1) is 5.41 Å². The largest absolute Gasteiger partial charge is 0.426 e. The van der Waals surface area contributed by atoms with Gasteiger partial charge in [0, 0.05) is 34.1 Å². The lowest BCUT2D eigenvalue weighted by atomic mass is 9.91. The smallest absolute Gasteiger partial charge is 0.316 e. The highest BCUT2D eigenvalue weighted by atomic mass is 16.5. The van der Waals surface area contributed by atoms with Gasteiger partial charge < -0.3 is 14.5 Å². The molecule has 0 radical (unpaired) electrons. The molecule has 0 unspecified atom stereocenters. The number of para-hydroxylation sites is 3. The number of carbonyl (C=O) groups is 1. The monoisotopic (exact) mass is 602 g/mol. The van der Waals surface area contributed by atoms with E-state index in [1.54, 1.807) is 0 Å². The van der Waals surface area contributed by atoms with Crippen LogP contribution in [-0.4, -0.2) is 5.97 Å². The highest BCUT2D eigenvalue weighted by molar-refractivity contribution is 5.81. The first-order valence-corrected chi connectivity index (χ1v) is 15.7. The zero-order chi connectivity index (χ0) is 31.9. The number of hydrogen-bond donors (Lipinski definition) is 0. The van der Waals surface area contributed by atoms with Crippen molar-refractivity contribution in [2.75, 3.05) is 9.80 Å². The van der Waals surface area contributed by atoms with Crippen molar-refractivity contribution in [1.82, 2.24) is 0 Å². The van der Waals surface area contributed by atoms with Crippen LogP contribution in [-0.2, 0) is 4.79 Å². The fourth-order valence-electron chi connectivity index (χ4n) is 5.28. The Kier molecular flexibility index (Phi) is 8.98. The molecule has 6 rings (SSSR count). The molecule has 0 fully saturated rings. The van der Waals surface area contributed by atoms with Crippen molar-refractivity contribution in [3.8, 4) is 16.9 Å². The quantitative estimate of drug-likeness (QED) is 0.115. The molecule has 0 saturated carbocycles. The molecule has 228 valence electrons. The molecular formula is C42H38N2O2. The molecule has 0 amide bonds. The van der Waals surface area contributed by atoms with Crippen LogP contribution in [0.15, 0.2) is 164 Å². The lowest BCUT2D eigenvalue weighted by molar-refractivity contribution is -0.144. The third kappa shape index (κ3) is 6.72. The van der Waals surface area contributed by atoms with Crippen LogP contribution in [0.2, 0.25) is 0 Å². The molecule has 0 heterocycles. The minimum atomic E-state index is -0.528. The van der Waals surface area contributed by atoms with Crippen LogP contribution in [0.5, 0.6) is 5.75 Å². The van der Waals surface area contributed by atoms with Crippen molar-refractivity contribution >= 4 is 40.1 Å². The van der Waals surface area contributed by atoms with Gasteiger partial charge in [0.1, 0.15) is 5.75 Å². The summed E-state index contributed by atoms with van der Waals surface area (Å²) in [7, 11) is 0. The minimum absolute atomic E-state index is 0.223. The highest BCUT2D eigenvalue weighted by Crippen LogP contribution is 2.38. The SMILES string of the molecule is CCC(C)(C)C(=O)Oc1ccc(N(c2ccccc2)c2ccc(-c3ccc(N(c4ccccc4)c4ccccc4)cc3)cc2)cc1. The van der Waals surface area contributed by atoms with Gasteiger partial charge in [-0.2, -0.15) is 0 Å². The Morgan fingerprint density at radius 3 is 1.11 bits per heavy atom. The zero-order valence-corrected chi connectivity index (χ0v) is 26.5. The Hall–Kier alpha value is -5.61. The molecule has 0 bridgehead atoms. The summed E-state index contributed by atoms with van der Waals surface area (Å²) in [5, 5.41) is 0. The number of esters is 1. The first kappa shape index (κ1) is 30.4. The molecule has 6 aromatic rings. The van der Waals surface area contributed by atoms with Gasteiger partial charge in [-0.05, 0) is 116 Å². The second-order valence-electron chi connectivity index (χ2n) is 11.9. The second kappa shape index (κ2) is 13.6. The van der Waals surface area contributed by atoms with E-state index in [1.807, 2.05) is 75.4 Å². The minimum Gasteiger partial charge on any atom is -0.426 e. The lowest BCUT2D eigenvalue weighted by Gasteiger charge is -2.26. The summed E-state index contributed by atoms with van der Waals surface area (Å²) >= 11 is 0. The number of benzene rings is 6. The summed E-state index contributed by atoms with van der Waals surface area (Å²) in [4.78, 5) is 17.1.